The molecule has 19 heavy (non-hydrogen) atoms. The summed E-state index contributed by atoms with van der Waals surface area (Å²) in [5.41, 5.74) is 1.18. The molecule has 0 radical (unpaired) electrons. The number of amides is 1. The van der Waals surface area contributed by atoms with Gasteiger partial charge in [-0.15, -0.1) is 16.7 Å². The number of hydrogen-bond acceptors (Lipinski definition) is 4. The molecule has 1 rings (SSSR count). The van der Waals surface area contributed by atoms with Crippen LogP contribution in [0, 0.1) is 11.8 Å². The Morgan fingerprint density at radius 1 is 1.32 bits per heavy atom. The molecule has 1 amide bonds. The van der Waals surface area contributed by atoms with Crippen molar-refractivity contribution < 1.29 is 9.53 Å². The fourth-order valence-corrected chi connectivity index (χ4v) is 2.69. The Labute approximate surface area is 117 Å². The van der Waals surface area contributed by atoms with E-state index < -0.39 is 5.91 Å². The van der Waals surface area contributed by atoms with Crippen molar-refractivity contribution in [2.45, 2.75) is 37.5 Å². The van der Waals surface area contributed by atoms with Crippen LogP contribution in [0.1, 0.15) is 31.2 Å². The molecule has 1 aromatic rings. The Balaban J connectivity index is 2.26. The smallest absolute Gasteiger partial charge is 0.286 e. The Kier molecular flexibility index (Phi) is 7.18. The van der Waals surface area contributed by atoms with E-state index in [4.69, 9.17) is 4.74 Å². The molecule has 0 aromatic heterocycles. The van der Waals surface area contributed by atoms with Gasteiger partial charge in [0.25, 0.3) is 5.91 Å². The zero-order chi connectivity index (χ0) is 14.1. The van der Waals surface area contributed by atoms with E-state index in [0.29, 0.717) is 0 Å². The van der Waals surface area contributed by atoms with E-state index >= 15 is 0 Å². The van der Waals surface area contributed by atoms with Crippen LogP contribution in [0.3, 0.4) is 0 Å². The molecule has 0 saturated carbocycles. The number of thioether (sulfide) groups is 1. The highest BCUT2D eigenvalue weighted by atomic mass is 32.2. The van der Waals surface area contributed by atoms with E-state index in [-0.39, 0.29) is 6.42 Å². The van der Waals surface area contributed by atoms with Crippen molar-refractivity contribution in [3.8, 4) is 5.75 Å². The minimum Gasteiger partial charge on any atom is -0.496 e. The number of nitroso groups, excluding NO2 is 1. The zero-order valence-corrected chi connectivity index (χ0v) is 12.2. The molecule has 0 N–H and O–H groups in total. The highest BCUT2D eigenvalue weighted by Crippen LogP contribution is 2.30. The predicted molar refractivity (Wildman–Crippen MR) is 77.7 cm³/mol. The fourth-order valence-electron chi connectivity index (χ4n) is 1.68. The second kappa shape index (κ2) is 8.69. The van der Waals surface area contributed by atoms with Gasteiger partial charge in [-0.25, -0.2) is 0 Å². The molecule has 0 heterocycles. The molecule has 0 unspecified atom stereocenters. The summed E-state index contributed by atoms with van der Waals surface area (Å²) in [5, 5.41) is 2.37. The molecule has 0 saturated heterocycles. The largest absolute Gasteiger partial charge is 0.496 e. The summed E-state index contributed by atoms with van der Waals surface area (Å²) >= 11 is 1.75. The first-order chi connectivity index (χ1) is 9.17. The Hall–Kier alpha value is -1.36. The van der Waals surface area contributed by atoms with Gasteiger partial charge in [-0.1, -0.05) is 12.5 Å². The fraction of sp³-hybridized carbons (Fsp3) is 0.500. The maximum Gasteiger partial charge on any atom is 0.286 e. The topological polar surface area (TPSA) is 55.7 Å². The Bertz CT molecular complexity index is 435. The molecule has 0 atom stereocenters. The zero-order valence-electron chi connectivity index (χ0n) is 11.3. The molecule has 0 spiro atoms. The van der Waals surface area contributed by atoms with Crippen LogP contribution in [-0.2, 0) is 4.79 Å². The SMILES string of the molecule is COc1cc(C)ccc1SCCCCCC(=O)N=O. The van der Waals surface area contributed by atoms with Crippen molar-refractivity contribution in [2.75, 3.05) is 12.9 Å². The number of hydrogen-bond donors (Lipinski definition) is 0. The van der Waals surface area contributed by atoms with Crippen molar-refractivity contribution in [3.05, 3.63) is 28.7 Å². The molecule has 0 aliphatic carbocycles. The molecule has 0 bridgehead atoms. The number of rotatable bonds is 8. The summed E-state index contributed by atoms with van der Waals surface area (Å²) in [5.74, 6) is 1.33. The molecule has 0 aliphatic rings. The van der Waals surface area contributed by atoms with E-state index in [2.05, 4.69) is 17.3 Å². The van der Waals surface area contributed by atoms with Crippen LogP contribution >= 0.6 is 11.8 Å². The number of carbonyl (C=O) groups excluding carboxylic acids is 1. The number of methoxy groups -OCH3 is 1. The van der Waals surface area contributed by atoms with Gasteiger partial charge in [-0.05, 0) is 43.2 Å². The average molecular weight is 281 g/mol. The standard InChI is InChI=1S/C14H19NO3S/c1-11-7-8-13(12(10-11)18-2)19-9-5-3-4-6-14(16)15-17/h7-8,10H,3-6,9H2,1-2H3. The van der Waals surface area contributed by atoms with Crippen LogP contribution in [-0.4, -0.2) is 18.8 Å². The summed E-state index contributed by atoms with van der Waals surface area (Å²) in [6, 6.07) is 6.16. The molecule has 1 aromatic carbocycles. The average Bonchev–Trinajstić information content (AvgIpc) is 2.43. The number of unbranched alkanes of at least 4 members (excludes halogenated alkanes) is 2. The van der Waals surface area contributed by atoms with Gasteiger partial charge < -0.3 is 4.74 Å². The maximum absolute atomic E-state index is 10.7. The second-order valence-corrected chi connectivity index (χ2v) is 5.44. The Morgan fingerprint density at radius 2 is 2.11 bits per heavy atom. The van der Waals surface area contributed by atoms with Crippen LogP contribution in [0.5, 0.6) is 5.75 Å². The van der Waals surface area contributed by atoms with E-state index in [0.717, 1.165) is 35.7 Å². The van der Waals surface area contributed by atoms with Crippen molar-refractivity contribution in [3.63, 3.8) is 0 Å². The third-order valence-electron chi connectivity index (χ3n) is 2.71. The number of carbonyl (C=O) groups is 1. The number of benzene rings is 1. The van der Waals surface area contributed by atoms with Crippen molar-refractivity contribution >= 4 is 17.7 Å². The quantitative estimate of drug-likeness (QED) is 0.411. The van der Waals surface area contributed by atoms with Crippen LogP contribution in [0.2, 0.25) is 0 Å². The third-order valence-corrected chi connectivity index (χ3v) is 3.85. The lowest BCUT2D eigenvalue weighted by Gasteiger charge is -2.08. The first-order valence-electron chi connectivity index (χ1n) is 6.31. The van der Waals surface area contributed by atoms with E-state index in [1.165, 1.54) is 5.56 Å². The lowest BCUT2D eigenvalue weighted by atomic mass is 10.2. The lowest BCUT2D eigenvalue weighted by molar-refractivity contribution is -0.118. The van der Waals surface area contributed by atoms with Gasteiger partial charge >= 0.3 is 0 Å². The minimum atomic E-state index is -0.548. The molecule has 5 heteroatoms. The minimum absolute atomic E-state index is 0.266. The van der Waals surface area contributed by atoms with Crippen molar-refractivity contribution in [1.29, 1.82) is 0 Å². The van der Waals surface area contributed by atoms with Crippen LogP contribution in [0.15, 0.2) is 28.3 Å². The van der Waals surface area contributed by atoms with Gasteiger partial charge in [-0.3, -0.25) is 4.79 Å². The summed E-state index contributed by atoms with van der Waals surface area (Å²) in [7, 11) is 1.68. The van der Waals surface area contributed by atoms with Crippen molar-refractivity contribution in [1.82, 2.24) is 0 Å². The van der Waals surface area contributed by atoms with Crippen LogP contribution in [0.25, 0.3) is 0 Å². The first-order valence-corrected chi connectivity index (χ1v) is 7.29. The van der Waals surface area contributed by atoms with Gasteiger partial charge in [0.1, 0.15) is 5.75 Å². The third kappa shape index (κ3) is 5.87. The highest BCUT2D eigenvalue weighted by molar-refractivity contribution is 7.99. The number of nitrogens with zero attached hydrogens (tertiary/aromatic N) is 1. The predicted octanol–water partition coefficient (Wildman–Crippen LogP) is 3.95. The summed E-state index contributed by atoms with van der Waals surface area (Å²) in [4.78, 5) is 21.7. The molecule has 0 aliphatic heterocycles. The lowest BCUT2D eigenvalue weighted by Crippen LogP contribution is -1.92. The molecule has 0 fully saturated rings. The molecule has 104 valence electrons. The first kappa shape index (κ1) is 15.7. The summed E-state index contributed by atoms with van der Waals surface area (Å²) < 4.78 is 5.34. The Morgan fingerprint density at radius 3 is 2.79 bits per heavy atom. The summed E-state index contributed by atoms with van der Waals surface area (Å²) in [6.45, 7) is 2.04. The van der Waals surface area contributed by atoms with Gasteiger partial charge in [0.2, 0.25) is 0 Å². The van der Waals surface area contributed by atoms with Crippen LogP contribution < -0.4 is 4.74 Å². The maximum atomic E-state index is 10.7. The van der Waals surface area contributed by atoms with Crippen LogP contribution in [0.4, 0.5) is 0 Å². The van der Waals surface area contributed by atoms with E-state index in [1.54, 1.807) is 18.9 Å². The van der Waals surface area contributed by atoms with E-state index in [1.807, 2.05) is 13.0 Å². The molecule has 4 nitrogen and oxygen atoms in total. The van der Waals surface area contributed by atoms with Gasteiger partial charge in [0.15, 0.2) is 0 Å². The van der Waals surface area contributed by atoms with Gasteiger partial charge in [-0.2, -0.15) is 0 Å². The summed E-state index contributed by atoms with van der Waals surface area (Å²) in [6.07, 6.45) is 2.94. The highest BCUT2D eigenvalue weighted by Gasteiger charge is 2.04. The van der Waals surface area contributed by atoms with E-state index in [9.17, 15) is 9.70 Å². The molecular weight excluding hydrogens is 262 g/mol. The number of ether oxygens (including phenoxy) is 1. The molecular formula is C14H19NO3S. The van der Waals surface area contributed by atoms with Gasteiger partial charge in [0.05, 0.1) is 7.11 Å². The monoisotopic (exact) mass is 281 g/mol. The number of aryl methyl sites for hydroxylation is 1. The van der Waals surface area contributed by atoms with Crippen molar-refractivity contribution in [2.24, 2.45) is 5.18 Å². The normalized spacial score (nSPS) is 10.2. The second-order valence-electron chi connectivity index (χ2n) is 4.30. The van der Waals surface area contributed by atoms with Gasteiger partial charge in [0, 0.05) is 16.5 Å².